The number of nitrogens with zero attached hydrogens (tertiary/aromatic N) is 2. The van der Waals surface area contributed by atoms with Gasteiger partial charge in [-0.05, 0) is 39.2 Å². The van der Waals surface area contributed by atoms with Crippen molar-refractivity contribution in [2.75, 3.05) is 0 Å². The van der Waals surface area contributed by atoms with Crippen molar-refractivity contribution in [1.82, 2.24) is 10.2 Å². The number of H-pyrrole nitrogens is 1. The van der Waals surface area contributed by atoms with Crippen LogP contribution in [-0.4, -0.2) is 33.6 Å². The van der Waals surface area contributed by atoms with Crippen molar-refractivity contribution in [3.05, 3.63) is 18.0 Å². The van der Waals surface area contributed by atoms with E-state index in [9.17, 15) is 9.59 Å². The van der Waals surface area contributed by atoms with Crippen molar-refractivity contribution in [2.24, 2.45) is 22.7 Å². The number of aromatic nitrogens is 2. The summed E-state index contributed by atoms with van der Waals surface area (Å²) < 4.78 is 5.38. The van der Waals surface area contributed by atoms with Crippen LogP contribution < -0.4 is 5.73 Å². The number of oxime groups is 1. The van der Waals surface area contributed by atoms with E-state index in [1.807, 2.05) is 0 Å². The van der Waals surface area contributed by atoms with E-state index in [-0.39, 0.29) is 12.3 Å². The number of nitrogens with two attached hydrogens (primary N) is 1. The number of hydrogen-bond acceptors (Lipinski definition) is 6. The van der Waals surface area contributed by atoms with E-state index in [0.29, 0.717) is 12.1 Å². The van der Waals surface area contributed by atoms with Crippen LogP contribution in [-0.2, 0) is 19.2 Å². The van der Waals surface area contributed by atoms with Crippen LogP contribution >= 0.6 is 0 Å². The Morgan fingerprint density at radius 1 is 1.31 bits per heavy atom. The molecule has 1 aliphatic rings. The van der Waals surface area contributed by atoms with Gasteiger partial charge in [0, 0.05) is 6.20 Å². The Morgan fingerprint density at radius 2 is 2.03 bits per heavy atom. The van der Waals surface area contributed by atoms with Gasteiger partial charge in [0.05, 0.1) is 12.3 Å². The SMILES string of the molecule is CC(C)(C)OC(=O)C[C@@H](CCCC1CCCCC1)C(=O)O/N=C(\N)c1ccn[nH]1. The number of esters is 1. The molecule has 162 valence electrons. The third-order valence-corrected chi connectivity index (χ3v) is 5.07. The highest BCUT2D eigenvalue weighted by Gasteiger charge is 2.27. The summed E-state index contributed by atoms with van der Waals surface area (Å²) in [6, 6.07) is 1.62. The molecule has 0 amide bonds. The third kappa shape index (κ3) is 8.66. The van der Waals surface area contributed by atoms with E-state index < -0.39 is 23.5 Å². The van der Waals surface area contributed by atoms with E-state index in [1.165, 1.54) is 38.3 Å². The van der Waals surface area contributed by atoms with Crippen LogP contribution in [0.4, 0.5) is 0 Å². The first-order valence-electron chi connectivity index (χ1n) is 10.5. The van der Waals surface area contributed by atoms with Gasteiger partial charge in [0.2, 0.25) is 0 Å². The second kappa shape index (κ2) is 11.0. The second-order valence-electron chi connectivity index (χ2n) is 8.78. The molecule has 1 aromatic heterocycles. The predicted octanol–water partition coefficient (Wildman–Crippen LogP) is 3.67. The first-order chi connectivity index (χ1) is 13.7. The fourth-order valence-electron chi connectivity index (χ4n) is 3.63. The molecule has 0 spiro atoms. The zero-order valence-corrected chi connectivity index (χ0v) is 17.8. The van der Waals surface area contributed by atoms with Gasteiger partial charge in [-0.3, -0.25) is 9.89 Å². The zero-order chi connectivity index (χ0) is 21.3. The summed E-state index contributed by atoms with van der Waals surface area (Å²) in [6.07, 6.45) is 10.4. The van der Waals surface area contributed by atoms with Crippen LogP contribution in [0.5, 0.6) is 0 Å². The molecule has 1 heterocycles. The minimum absolute atomic E-state index is 0.0223. The molecule has 0 aromatic carbocycles. The van der Waals surface area contributed by atoms with Gasteiger partial charge in [-0.25, -0.2) is 4.79 Å². The summed E-state index contributed by atoms with van der Waals surface area (Å²) in [5.41, 5.74) is 5.64. The molecule has 1 fully saturated rings. The minimum Gasteiger partial charge on any atom is -0.460 e. The number of ether oxygens (including phenoxy) is 1. The Labute approximate surface area is 172 Å². The summed E-state index contributed by atoms with van der Waals surface area (Å²) in [5.74, 6) is -0.846. The van der Waals surface area contributed by atoms with Gasteiger partial charge < -0.3 is 15.3 Å². The molecule has 0 unspecified atom stereocenters. The minimum atomic E-state index is -0.605. The molecule has 1 saturated carbocycles. The van der Waals surface area contributed by atoms with Gasteiger partial charge in [-0.1, -0.05) is 50.1 Å². The number of carbonyl (C=O) groups is 2. The molecule has 8 nitrogen and oxygen atoms in total. The van der Waals surface area contributed by atoms with Crippen molar-refractivity contribution >= 4 is 17.8 Å². The molecular weight excluding hydrogens is 372 g/mol. The molecule has 0 radical (unpaired) electrons. The smallest absolute Gasteiger partial charge is 0.338 e. The van der Waals surface area contributed by atoms with Gasteiger partial charge >= 0.3 is 11.9 Å². The molecule has 8 heteroatoms. The third-order valence-electron chi connectivity index (χ3n) is 5.07. The Bertz CT molecular complexity index is 673. The lowest BCUT2D eigenvalue weighted by molar-refractivity contribution is -0.161. The molecule has 29 heavy (non-hydrogen) atoms. The maximum Gasteiger partial charge on any atom is 0.338 e. The van der Waals surface area contributed by atoms with Gasteiger partial charge in [-0.2, -0.15) is 5.10 Å². The summed E-state index contributed by atoms with van der Waals surface area (Å²) in [4.78, 5) is 29.9. The maximum absolute atomic E-state index is 12.6. The molecule has 0 aliphatic heterocycles. The Kier molecular flexibility index (Phi) is 8.67. The van der Waals surface area contributed by atoms with Gasteiger partial charge in [-0.15, -0.1) is 0 Å². The average molecular weight is 407 g/mol. The lowest BCUT2D eigenvalue weighted by Gasteiger charge is -2.23. The molecule has 3 N–H and O–H groups in total. The first kappa shape index (κ1) is 22.9. The van der Waals surface area contributed by atoms with Crippen molar-refractivity contribution in [1.29, 1.82) is 0 Å². The number of hydrogen-bond donors (Lipinski definition) is 2. The zero-order valence-electron chi connectivity index (χ0n) is 17.8. The normalized spacial score (nSPS) is 17.0. The van der Waals surface area contributed by atoms with Crippen molar-refractivity contribution in [3.8, 4) is 0 Å². The molecule has 1 aromatic rings. The predicted molar refractivity (Wildman–Crippen MR) is 110 cm³/mol. The van der Waals surface area contributed by atoms with Crippen LogP contribution in [0.25, 0.3) is 0 Å². The number of amidine groups is 1. The highest BCUT2D eigenvalue weighted by molar-refractivity contribution is 5.95. The van der Waals surface area contributed by atoms with E-state index in [0.717, 1.165) is 18.8 Å². The van der Waals surface area contributed by atoms with Gasteiger partial charge in [0.15, 0.2) is 5.84 Å². The molecule has 1 aliphatic carbocycles. The van der Waals surface area contributed by atoms with Gasteiger partial charge in [0.1, 0.15) is 11.3 Å². The fourth-order valence-corrected chi connectivity index (χ4v) is 3.63. The lowest BCUT2D eigenvalue weighted by Crippen LogP contribution is -2.28. The molecule has 2 rings (SSSR count). The Balaban J connectivity index is 1.93. The monoisotopic (exact) mass is 406 g/mol. The van der Waals surface area contributed by atoms with Crippen LogP contribution in [0.2, 0.25) is 0 Å². The van der Waals surface area contributed by atoms with Crippen molar-refractivity contribution in [3.63, 3.8) is 0 Å². The van der Waals surface area contributed by atoms with E-state index in [2.05, 4.69) is 15.4 Å². The lowest BCUT2D eigenvalue weighted by atomic mass is 9.84. The van der Waals surface area contributed by atoms with Crippen molar-refractivity contribution < 1.29 is 19.2 Å². The Hall–Kier alpha value is -2.38. The van der Waals surface area contributed by atoms with Crippen molar-refractivity contribution in [2.45, 2.75) is 84.2 Å². The first-order valence-corrected chi connectivity index (χ1v) is 10.5. The van der Waals surface area contributed by atoms with Crippen LogP contribution in [0.3, 0.4) is 0 Å². The van der Waals surface area contributed by atoms with Crippen LogP contribution in [0.1, 0.15) is 84.3 Å². The topological polar surface area (TPSA) is 120 Å². The summed E-state index contributed by atoms with van der Waals surface area (Å²) in [5, 5.41) is 10.1. The van der Waals surface area contributed by atoms with E-state index in [4.69, 9.17) is 15.3 Å². The van der Waals surface area contributed by atoms with E-state index in [1.54, 1.807) is 26.8 Å². The number of rotatable bonds is 9. The highest BCUT2D eigenvalue weighted by atomic mass is 16.7. The van der Waals surface area contributed by atoms with Crippen LogP contribution in [0.15, 0.2) is 17.4 Å². The second-order valence-corrected chi connectivity index (χ2v) is 8.78. The Morgan fingerprint density at radius 3 is 2.66 bits per heavy atom. The molecular formula is C21H34N4O4. The number of aromatic amines is 1. The quantitative estimate of drug-likeness (QED) is 0.212. The maximum atomic E-state index is 12.6. The average Bonchev–Trinajstić information content (AvgIpc) is 3.19. The number of nitrogens with one attached hydrogen (secondary N) is 1. The largest absolute Gasteiger partial charge is 0.460 e. The standard InChI is InChI=1S/C21H34N4O4/c1-21(2,3)28-18(26)14-16(11-7-10-15-8-5-4-6-9-15)20(27)29-25-19(22)17-12-13-23-24-17/h12-13,15-16H,4-11,14H2,1-3H3,(H2,22,25)(H,23,24)/t16-/m1/s1. The molecule has 0 saturated heterocycles. The summed E-state index contributed by atoms with van der Waals surface area (Å²) >= 11 is 0. The van der Waals surface area contributed by atoms with Crippen LogP contribution in [0, 0.1) is 11.8 Å². The fraction of sp³-hybridized carbons (Fsp3) is 0.714. The molecule has 1 atom stereocenters. The van der Waals surface area contributed by atoms with Gasteiger partial charge in [0.25, 0.3) is 0 Å². The van der Waals surface area contributed by atoms with E-state index >= 15 is 0 Å². The highest BCUT2D eigenvalue weighted by Crippen LogP contribution is 2.29. The molecule has 0 bridgehead atoms. The number of carbonyl (C=O) groups excluding carboxylic acids is 2. The summed E-state index contributed by atoms with van der Waals surface area (Å²) in [6.45, 7) is 5.41. The summed E-state index contributed by atoms with van der Waals surface area (Å²) in [7, 11) is 0.